The van der Waals surface area contributed by atoms with Crippen LogP contribution in [0.25, 0.3) is 0 Å². The highest BCUT2D eigenvalue weighted by Gasteiger charge is 2.61. The Kier molecular flexibility index (Phi) is 3.83. The van der Waals surface area contributed by atoms with Crippen molar-refractivity contribution < 1.29 is 19.1 Å². The Morgan fingerprint density at radius 1 is 1.24 bits per heavy atom. The van der Waals surface area contributed by atoms with Gasteiger partial charge >= 0.3 is 5.97 Å². The van der Waals surface area contributed by atoms with Crippen molar-refractivity contribution in [3.63, 3.8) is 0 Å². The van der Waals surface area contributed by atoms with E-state index in [1.54, 1.807) is 7.11 Å². The zero-order valence-electron chi connectivity index (χ0n) is 13.3. The van der Waals surface area contributed by atoms with Gasteiger partial charge < -0.3 is 9.47 Å². The molecule has 21 heavy (non-hydrogen) atoms. The molecule has 1 aliphatic carbocycles. The minimum Gasteiger partial charge on any atom is -0.496 e. The Labute approximate surface area is 125 Å². The van der Waals surface area contributed by atoms with Gasteiger partial charge in [0.25, 0.3) is 0 Å². The number of ether oxygens (including phenoxy) is 2. The molecular formula is C17H22O4. The van der Waals surface area contributed by atoms with Crippen LogP contribution >= 0.6 is 0 Å². The van der Waals surface area contributed by atoms with Crippen LogP contribution in [0.5, 0.6) is 5.75 Å². The molecule has 0 saturated heterocycles. The summed E-state index contributed by atoms with van der Waals surface area (Å²) in [5, 5.41) is 0. The van der Waals surface area contributed by atoms with Crippen LogP contribution in [0.1, 0.15) is 37.8 Å². The molecule has 0 aliphatic heterocycles. The normalized spacial score (nSPS) is 24.0. The van der Waals surface area contributed by atoms with Gasteiger partial charge in [-0.3, -0.25) is 9.59 Å². The Bertz CT molecular complexity index is 588. The van der Waals surface area contributed by atoms with E-state index >= 15 is 0 Å². The van der Waals surface area contributed by atoms with Crippen LogP contribution in [0.15, 0.2) is 18.2 Å². The number of hydrogen-bond donors (Lipinski definition) is 0. The van der Waals surface area contributed by atoms with Gasteiger partial charge in [-0.15, -0.1) is 0 Å². The highest BCUT2D eigenvalue weighted by Crippen LogP contribution is 2.55. The third kappa shape index (κ3) is 2.04. The van der Waals surface area contributed by atoms with Crippen LogP contribution in [0, 0.1) is 12.3 Å². The quantitative estimate of drug-likeness (QED) is 0.803. The molecule has 1 aromatic rings. The lowest BCUT2D eigenvalue weighted by atomic mass is 9.63. The Hall–Kier alpha value is -1.84. The molecule has 1 aliphatic rings. The van der Waals surface area contributed by atoms with Crippen molar-refractivity contribution >= 4 is 11.8 Å². The van der Waals surface area contributed by atoms with Gasteiger partial charge in [0, 0.05) is 17.4 Å². The first-order chi connectivity index (χ1) is 9.81. The van der Waals surface area contributed by atoms with E-state index in [-0.39, 0.29) is 11.8 Å². The summed E-state index contributed by atoms with van der Waals surface area (Å²) in [6.45, 7) is 5.60. The maximum absolute atomic E-state index is 12.6. The summed E-state index contributed by atoms with van der Waals surface area (Å²) in [6.07, 6.45) is 0.824. The number of aryl methyl sites for hydroxylation is 1. The van der Waals surface area contributed by atoms with Crippen molar-refractivity contribution in [2.75, 3.05) is 14.2 Å². The summed E-state index contributed by atoms with van der Waals surface area (Å²) < 4.78 is 10.5. The van der Waals surface area contributed by atoms with E-state index in [0.29, 0.717) is 18.6 Å². The number of rotatable bonds is 3. The molecule has 1 saturated carbocycles. The van der Waals surface area contributed by atoms with Crippen LogP contribution in [-0.4, -0.2) is 26.0 Å². The molecule has 1 atom stereocenters. The van der Waals surface area contributed by atoms with E-state index in [2.05, 4.69) is 0 Å². The first-order valence-corrected chi connectivity index (χ1v) is 7.08. The number of hydrogen-bond acceptors (Lipinski definition) is 4. The van der Waals surface area contributed by atoms with Gasteiger partial charge in [-0.05, 0) is 19.4 Å². The van der Waals surface area contributed by atoms with E-state index < -0.39 is 10.8 Å². The van der Waals surface area contributed by atoms with Crippen molar-refractivity contribution in [1.29, 1.82) is 0 Å². The lowest BCUT2D eigenvalue weighted by Crippen LogP contribution is -2.48. The second-order valence-electron chi connectivity index (χ2n) is 6.15. The van der Waals surface area contributed by atoms with E-state index in [9.17, 15) is 9.59 Å². The second-order valence-corrected chi connectivity index (χ2v) is 6.15. The van der Waals surface area contributed by atoms with Gasteiger partial charge in [-0.2, -0.15) is 0 Å². The first kappa shape index (κ1) is 15.5. The highest BCUT2D eigenvalue weighted by atomic mass is 16.5. The molecule has 4 nitrogen and oxygen atoms in total. The summed E-state index contributed by atoms with van der Waals surface area (Å²) in [4.78, 5) is 25.0. The highest BCUT2D eigenvalue weighted by molar-refractivity contribution is 5.99. The largest absolute Gasteiger partial charge is 0.496 e. The lowest BCUT2D eigenvalue weighted by molar-refractivity contribution is -0.153. The number of esters is 1. The van der Waals surface area contributed by atoms with Gasteiger partial charge in [-0.1, -0.05) is 31.5 Å². The van der Waals surface area contributed by atoms with Gasteiger partial charge in [0.15, 0.2) is 0 Å². The molecule has 0 amide bonds. The zero-order chi connectivity index (χ0) is 15.8. The summed E-state index contributed by atoms with van der Waals surface area (Å²) in [5.41, 5.74) is -0.0471. The van der Waals surface area contributed by atoms with Gasteiger partial charge in [0.05, 0.1) is 14.2 Å². The molecule has 1 fully saturated rings. The summed E-state index contributed by atoms with van der Waals surface area (Å²) >= 11 is 0. The predicted molar refractivity (Wildman–Crippen MR) is 79.4 cm³/mol. The molecule has 2 rings (SSSR count). The standard InChI is InChI=1S/C17H22O4/c1-11-6-7-13(20-4)12(10-11)17(15(19)21-5)9-8-14(18)16(17,2)3/h6-7,10H,8-9H2,1-5H3/t17-/m1/s1. The summed E-state index contributed by atoms with van der Waals surface area (Å²) in [6, 6.07) is 5.70. The molecule has 0 aromatic heterocycles. The monoisotopic (exact) mass is 290 g/mol. The fourth-order valence-corrected chi connectivity index (χ4v) is 3.43. The van der Waals surface area contributed by atoms with Crippen LogP contribution in [0.2, 0.25) is 0 Å². The number of ketones is 1. The van der Waals surface area contributed by atoms with Crippen molar-refractivity contribution in [2.45, 2.75) is 39.0 Å². The molecule has 0 bridgehead atoms. The predicted octanol–water partition coefficient (Wildman–Crippen LogP) is 2.80. The van der Waals surface area contributed by atoms with E-state index in [0.717, 1.165) is 11.1 Å². The molecular weight excluding hydrogens is 268 g/mol. The third-order valence-electron chi connectivity index (χ3n) is 4.84. The lowest BCUT2D eigenvalue weighted by Gasteiger charge is -2.38. The maximum Gasteiger partial charge on any atom is 0.317 e. The minimum atomic E-state index is -0.990. The molecule has 0 unspecified atom stereocenters. The van der Waals surface area contributed by atoms with Crippen LogP contribution in [0.4, 0.5) is 0 Å². The average Bonchev–Trinajstić information content (AvgIpc) is 2.70. The molecule has 0 N–H and O–H groups in total. The molecule has 0 heterocycles. The topological polar surface area (TPSA) is 52.6 Å². The van der Waals surface area contributed by atoms with E-state index in [4.69, 9.17) is 9.47 Å². The number of carbonyl (C=O) groups excluding carboxylic acids is 2. The van der Waals surface area contributed by atoms with Crippen molar-refractivity contribution in [3.05, 3.63) is 29.3 Å². The molecule has 1 aromatic carbocycles. The van der Waals surface area contributed by atoms with Crippen LogP contribution < -0.4 is 4.74 Å². The molecule has 0 spiro atoms. The van der Waals surface area contributed by atoms with Gasteiger partial charge in [0.1, 0.15) is 16.9 Å². The molecule has 4 heteroatoms. The number of benzene rings is 1. The maximum atomic E-state index is 12.6. The number of carbonyl (C=O) groups is 2. The Balaban J connectivity index is 2.77. The molecule has 0 radical (unpaired) electrons. The van der Waals surface area contributed by atoms with Crippen LogP contribution in [0.3, 0.4) is 0 Å². The van der Waals surface area contributed by atoms with Crippen molar-refractivity contribution in [2.24, 2.45) is 5.41 Å². The third-order valence-corrected chi connectivity index (χ3v) is 4.84. The average molecular weight is 290 g/mol. The number of methoxy groups -OCH3 is 2. The van der Waals surface area contributed by atoms with Gasteiger partial charge in [-0.25, -0.2) is 0 Å². The zero-order valence-corrected chi connectivity index (χ0v) is 13.3. The minimum absolute atomic E-state index is 0.0801. The second kappa shape index (κ2) is 5.17. The molecule has 114 valence electrons. The first-order valence-electron chi connectivity index (χ1n) is 7.08. The summed E-state index contributed by atoms with van der Waals surface area (Å²) in [7, 11) is 2.94. The Morgan fingerprint density at radius 3 is 2.38 bits per heavy atom. The van der Waals surface area contributed by atoms with Crippen molar-refractivity contribution in [3.8, 4) is 5.75 Å². The van der Waals surface area contributed by atoms with E-state index in [1.807, 2.05) is 39.0 Å². The fraction of sp³-hybridized carbons (Fsp3) is 0.529. The van der Waals surface area contributed by atoms with Gasteiger partial charge in [0.2, 0.25) is 0 Å². The van der Waals surface area contributed by atoms with Crippen LogP contribution in [-0.2, 0) is 19.7 Å². The van der Waals surface area contributed by atoms with Crippen molar-refractivity contribution in [1.82, 2.24) is 0 Å². The Morgan fingerprint density at radius 2 is 1.90 bits per heavy atom. The summed E-state index contributed by atoms with van der Waals surface area (Å²) in [5.74, 6) is 0.326. The smallest absolute Gasteiger partial charge is 0.317 e. The van der Waals surface area contributed by atoms with E-state index in [1.165, 1.54) is 7.11 Å². The fourth-order valence-electron chi connectivity index (χ4n) is 3.43. The SMILES string of the molecule is COC(=O)[C@]1(c2cc(C)ccc2OC)CCC(=O)C1(C)C. The number of Topliss-reactive ketones (excluding diaryl/α,β-unsaturated/α-hetero) is 1.